The van der Waals surface area contributed by atoms with E-state index in [1.165, 1.54) is 18.4 Å². The van der Waals surface area contributed by atoms with Gasteiger partial charge in [-0.1, -0.05) is 18.2 Å². The van der Waals surface area contributed by atoms with Crippen LogP contribution in [0.1, 0.15) is 49.6 Å². The van der Waals surface area contributed by atoms with E-state index in [0.717, 1.165) is 69.6 Å². The fourth-order valence-electron chi connectivity index (χ4n) is 4.77. The largest absolute Gasteiger partial charge is 0.497 e. The van der Waals surface area contributed by atoms with Crippen LogP contribution in [0, 0.1) is 6.92 Å². The zero-order chi connectivity index (χ0) is 24.5. The van der Waals surface area contributed by atoms with Gasteiger partial charge in [0.1, 0.15) is 10.8 Å². The van der Waals surface area contributed by atoms with Crippen molar-refractivity contribution < 1.29 is 19.1 Å². The summed E-state index contributed by atoms with van der Waals surface area (Å²) in [6.07, 6.45) is 3.85. The van der Waals surface area contributed by atoms with Gasteiger partial charge in [0.05, 0.1) is 36.6 Å². The number of amides is 1. The van der Waals surface area contributed by atoms with Gasteiger partial charge in [-0.05, 0) is 74.1 Å². The minimum absolute atomic E-state index is 0.264. The van der Waals surface area contributed by atoms with Crippen molar-refractivity contribution in [2.75, 3.05) is 19.5 Å². The van der Waals surface area contributed by atoms with Gasteiger partial charge < -0.3 is 14.8 Å². The average Bonchev–Trinajstić information content (AvgIpc) is 3.25. The molecule has 0 fully saturated rings. The Morgan fingerprint density at radius 3 is 2.46 bits per heavy atom. The molecule has 5 rings (SSSR count). The third-order valence-corrected chi connectivity index (χ3v) is 7.72. The normalized spacial score (nSPS) is 12.8. The van der Waals surface area contributed by atoms with Gasteiger partial charge in [0.15, 0.2) is 0 Å². The van der Waals surface area contributed by atoms with Crippen molar-refractivity contribution in [1.82, 2.24) is 4.98 Å². The molecule has 1 aliphatic carbocycles. The highest BCUT2D eigenvalue weighted by Gasteiger charge is 2.28. The summed E-state index contributed by atoms with van der Waals surface area (Å²) < 4.78 is 10.4. The number of hydrogen-bond acceptors (Lipinski definition) is 6. The number of benzene rings is 2. The monoisotopic (exact) mass is 486 g/mol. The smallest absolute Gasteiger partial charge is 0.341 e. The summed E-state index contributed by atoms with van der Waals surface area (Å²) in [4.78, 5) is 32.5. The van der Waals surface area contributed by atoms with E-state index in [-0.39, 0.29) is 5.91 Å². The topological polar surface area (TPSA) is 77.5 Å². The van der Waals surface area contributed by atoms with Crippen LogP contribution >= 0.6 is 11.3 Å². The zero-order valence-corrected chi connectivity index (χ0v) is 20.8. The first-order chi connectivity index (χ1) is 17.0. The third-order valence-electron chi connectivity index (χ3n) is 6.51. The van der Waals surface area contributed by atoms with Gasteiger partial charge in [0.25, 0.3) is 5.91 Å². The van der Waals surface area contributed by atoms with Crippen molar-refractivity contribution in [1.29, 1.82) is 0 Å². The van der Waals surface area contributed by atoms with E-state index in [1.54, 1.807) is 7.11 Å². The molecule has 0 bridgehead atoms. The van der Waals surface area contributed by atoms with E-state index in [9.17, 15) is 9.59 Å². The number of rotatable bonds is 5. The van der Waals surface area contributed by atoms with Crippen molar-refractivity contribution in [2.45, 2.75) is 32.6 Å². The van der Waals surface area contributed by atoms with Crippen molar-refractivity contribution in [3.63, 3.8) is 0 Å². The molecule has 178 valence electrons. The SMILES string of the molecule is COC(=O)c1c(NC(=O)c2c(C)c(-c3ccc(OC)cc3)nc3ccccc23)sc2c1CCCC2. The number of carbonyl (C=O) groups excluding carboxylic acids is 2. The van der Waals surface area contributed by atoms with Crippen LogP contribution in [0.25, 0.3) is 22.2 Å². The molecule has 1 N–H and O–H groups in total. The lowest BCUT2D eigenvalue weighted by Gasteiger charge is -2.15. The van der Waals surface area contributed by atoms with Gasteiger partial charge in [-0.15, -0.1) is 11.3 Å². The van der Waals surface area contributed by atoms with Crippen LogP contribution in [-0.4, -0.2) is 31.1 Å². The van der Waals surface area contributed by atoms with Crippen molar-refractivity contribution in [3.05, 3.63) is 75.7 Å². The number of aromatic nitrogens is 1. The molecule has 1 aliphatic rings. The Kier molecular flexibility index (Phi) is 6.26. The minimum Gasteiger partial charge on any atom is -0.497 e. The predicted molar refractivity (Wildman–Crippen MR) is 139 cm³/mol. The summed E-state index contributed by atoms with van der Waals surface area (Å²) in [6, 6.07) is 15.3. The van der Waals surface area contributed by atoms with E-state index in [2.05, 4.69) is 5.32 Å². The van der Waals surface area contributed by atoms with Gasteiger partial charge in [-0.25, -0.2) is 9.78 Å². The molecule has 35 heavy (non-hydrogen) atoms. The number of hydrogen-bond donors (Lipinski definition) is 1. The molecule has 1 amide bonds. The van der Waals surface area contributed by atoms with Gasteiger partial charge in [0, 0.05) is 15.8 Å². The van der Waals surface area contributed by atoms with E-state index in [0.29, 0.717) is 16.1 Å². The van der Waals surface area contributed by atoms with E-state index in [1.807, 2.05) is 55.5 Å². The zero-order valence-electron chi connectivity index (χ0n) is 19.9. The number of methoxy groups -OCH3 is 2. The van der Waals surface area contributed by atoms with Gasteiger partial charge >= 0.3 is 5.97 Å². The molecule has 0 spiro atoms. The second-order valence-electron chi connectivity index (χ2n) is 8.57. The maximum Gasteiger partial charge on any atom is 0.341 e. The minimum atomic E-state index is -0.407. The second kappa shape index (κ2) is 9.50. The quantitative estimate of drug-likeness (QED) is 0.340. The molecule has 2 heterocycles. The highest BCUT2D eigenvalue weighted by Crippen LogP contribution is 2.39. The predicted octanol–water partition coefficient (Wildman–Crippen LogP) is 6.20. The Morgan fingerprint density at radius 2 is 1.71 bits per heavy atom. The molecule has 0 unspecified atom stereocenters. The Labute approximate surface area is 207 Å². The molecule has 0 saturated carbocycles. The average molecular weight is 487 g/mol. The van der Waals surface area contributed by atoms with E-state index in [4.69, 9.17) is 14.5 Å². The summed E-state index contributed by atoms with van der Waals surface area (Å²) in [5.74, 6) is 0.0803. The van der Waals surface area contributed by atoms with Crippen LogP contribution in [0.2, 0.25) is 0 Å². The molecule has 0 radical (unpaired) electrons. The van der Waals surface area contributed by atoms with Crippen molar-refractivity contribution in [2.24, 2.45) is 0 Å². The standard InChI is InChI=1S/C28H26N2O4S/c1-16-23(26(31)30-27-24(28(32)34-3)20-9-5-7-11-22(20)35-27)19-8-4-6-10-21(19)29-25(16)17-12-14-18(33-2)15-13-17/h4,6,8,10,12-15H,5,7,9,11H2,1-3H3,(H,30,31). The van der Waals surface area contributed by atoms with Gasteiger partial charge in [-0.3, -0.25) is 4.79 Å². The van der Waals surface area contributed by atoms with Crippen LogP contribution < -0.4 is 10.1 Å². The molecule has 7 heteroatoms. The Morgan fingerprint density at radius 1 is 0.971 bits per heavy atom. The lowest BCUT2D eigenvalue weighted by molar-refractivity contribution is 0.0601. The van der Waals surface area contributed by atoms with Crippen molar-refractivity contribution >= 4 is 39.1 Å². The molecule has 4 aromatic rings. The Balaban J connectivity index is 1.62. The highest BCUT2D eigenvalue weighted by atomic mass is 32.1. The van der Waals surface area contributed by atoms with Crippen LogP contribution in [0.3, 0.4) is 0 Å². The first-order valence-electron chi connectivity index (χ1n) is 11.6. The number of aryl methyl sites for hydroxylation is 1. The second-order valence-corrected chi connectivity index (χ2v) is 9.67. The fraction of sp³-hybridized carbons (Fsp3) is 0.250. The molecule has 6 nitrogen and oxygen atoms in total. The van der Waals surface area contributed by atoms with Gasteiger partial charge in [-0.2, -0.15) is 0 Å². The lowest BCUT2D eigenvalue weighted by Crippen LogP contribution is -2.17. The number of nitrogens with one attached hydrogen (secondary N) is 1. The fourth-order valence-corrected chi connectivity index (χ4v) is 6.04. The highest BCUT2D eigenvalue weighted by molar-refractivity contribution is 7.17. The van der Waals surface area contributed by atoms with Crippen LogP contribution in [0.15, 0.2) is 48.5 Å². The Hall–Kier alpha value is -3.71. The number of pyridine rings is 1. The molecule has 0 aliphatic heterocycles. The first kappa shape index (κ1) is 23.1. The number of fused-ring (bicyclic) bond motifs is 2. The molecule has 2 aromatic carbocycles. The number of esters is 1. The maximum atomic E-state index is 13.8. The summed E-state index contributed by atoms with van der Waals surface area (Å²) in [5, 5.41) is 4.38. The number of thiophene rings is 1. The lowest BCUT2D eigenvalue weighted by atomic mass is 9.95. The molecule has 0 saturated heterocycles. The first-order valence-corrected chi connectivity index (χ1v) is 12.4. The Bertz CT molecular complexity index is 1440. The summed E-state index contributed by atoms with van der Waals surface area (Å²) in [5.41, 5.74) is 5.18. The third kappa shape index (κ3) is 4.17. The summed E-state index contributed by atoms with van der Waals surface area (Å²) >= 11 is 1.48. The van der Waals surface area contributed by atoms with E-state index >= 15 is 0 Å². The van der Waals surface area contributed by atoms with E-state index < -0.39 is 5.97 Å². The summed E-state index contributed by atoms with van der Waals surface area (Å²) in [7, 11) is 3.00. The van der Waals surface area contributed by atoms with Gasteiger partial charge in [0.2, 0.25) is 0 Å². The molecular formula is C28H26N2O4S. The maximum absolute atomic E-state index is 13.8. The number of carbonyl (C=O) groups is 2. The summed E-state index contributed by atoms with van der Waals surface area (Å²) in [6.45, 7) is 1.91. The van der Waals surface area contributed by atoms with Crippen LogP contribution in [-0.2, 0) is 17.6 Å². The number of anilines is 1. The van der Waals surface area contributed by atoms with Crippen LogP contribution in [0.5, 0.6) is 5.75 Å². The van der Waals surface area contributed by atoms with Crippen LogP contribution in [0.4, 0.5) is 5.00 Å². The molecular weight excluding hydrogens is 460 g/mol. The number of para-hydroxylation sites is 1. The molecule has 0 atom stereocenters. The number of nitrogens with zero attached hydrogens (tertiary/aromatic N) is 1. The van der Waals surface area contributed by atoms with Crippen molar-refractivity contribution in [3.8, 4) is 17.0 Å². The molecule has 2 aromatic heterocycles. The number of ether oxygens (including phenoxy) is 2.